The number of urea groups is 2. The van der Waals surface area contributed by atoms with Crippen LogP contribution in [0.15, 0.2) is 24.4 Å². The van der Waals surface area contributed by atoms with Crippen LogP contribution in [0.1, 0.15) is 10.5 Å². The average molecular weight is 208 g/mol. The number of primary amides is 1. The second kappa shape index (κ2) is 4.70. The average Bonchev–Trinajstić information content (AvgIpc) is 2.17. The molecule has 1 aromatic rings. The zero-order valence-electron chi connectivity index (χ0n) is 7.56. The lowest BCUT2D eigenvalue weighted by Gasteiger charge is -2.02. The van der Waals surface area contributed by atoms with Gasteiger partial charge < -0.3 is 5.73 Å². The Bertz CT molecular complexity index is 390. The highest BCUT2D eigenvalue weighted by atomic mass is 16.2. The van der Waals surface area contributed by atoms with Crippen molar-refractivity contribution in [3.05, 3.63) is 30.1 Å². The molecule has 1 aromatic heterocycles. The molecular weight excluding hydrogens is 200 g/mol. The van der Waals surface area contributed by atoms with Crippen LogP contribution < -0.4 is 16.4 Å². The van der Waals surface area contributed by atoms with Crippen LogP contribution >= 0.6 is 0 Å². The summed E-state index contributed by atoms with van der Waals surface area (Å²) in [7, 11) is 0. The first-order chi connectivity index (χ1) is 7.09. The number of rotatable bonds is 1. The number of nitrogens with zero attached hydrogens (tertiary/aromatic N) is 1. The van der Waals surface area contributed by atoms with E-state index < -0.39 is 18.0 Å². The molecule has 78 valence electrons. The van der Waals surface area contributed by atoms with Gasteiger partial charge in [0.05, 0.1) is 0 Å². The highest BCUT2D eigenvalue weighted by molar-refractivity contribution is 6.06. The van der Waals surface area contributed by atoms with E-state index in [-0.39, 0.29) is 5.69 Å². The van der Waals surface area contributed by atoms with Gasteiger partial charge in [0.25, 0.3) is 5.91 Å². The molecule has 0 spiro atoms. The van der Waals surface area contributed by atoms with Crippen molar-refractivity contribution in [3.8, 4) is 0 Å². The van der Waals surface area contributed by atoms with Crippen LogP contribution in [0.25, 0.3) is 0 Å². The Morgan fingerprint density at radius 1 is 1.20 bits per heavy atom. The largest absolute Gasteiger partial charge is 0.351 e. The second-order valence-electron chi connectivity index (χ2n) is 2.49. The van der Waals surface area contributed by atoms with E-state index in [1.807, 2.05) is 5.32 Å². The lowest BCUT2D eigenvalue weighted by Crippen LogP contribution is -2.44. The summed E-state index contributed by atoms with van der Waals surface area (Å²) < 4.78 is 0. The van der Waals surface area contributed by atoms with Gasteiger partial charge in [-0.25, -0.2) is 9.59 Å². The first-order valence-electron chi connectivity index (χ1n) is 3.92. The first kappa shape index (κ1) is 10.6. The van der Waals surface area contributed by atoms with Crippen molar-refractivity contribution in [1.29, 1.82) is 0 Å². The molecule has 0 radical (unpaired) electrons. The predicted molar refractivity (Wildman–Crippen MR) is 49.8 cm³/mol. The standard InChI is InChI=1S/C8H8N4O3/c9-7(14)12-8(15)11-6(13)5-3-1-2-4-10-5/h1-4H,(H4,9,11,12,13,14,15). The fourth-order valence-corrected chi connectivity index (χ4v) is 0.807. The highest BCUT2D eigenvalue weighted by Gasteiger charge is 2.11. The lowest BCUT2D eigenvalue weighted by molar-refractivity contribution is 0.0960. The molecule has 0 saturated heterocycles. The Hall–Kier alpha value is -2.44. The number of hydrogen-bond acceptors (Lipinski definition) is 4. The maximum Gasteiger partial charge on any atom is 0.329 e. The fourth-order valence-electron chi connectivity index (χ4n) is 0.807. The smallest absolute Gasteiger partial charge is 0.329 e. The number of nitrogens with two attached hydrogens (primary N) is 1. The van der Waals surface area contributed by atoms with Gasteiger partial charge in [0, 0.05) is 6.20 Å². The molecule has 7 nitrogen and oxygen atoms in total. The van der Waals surface area contributed by atoms with E-state index >= 15 is 0 Å². The Morgan fingerprint density at radius 3 is 2.47 bits per heavy atom. The monoisotopic (exact) mass is 208 g/mol. The van der Waals surface area contributed by atoms with Crippen molar-refractivity contribution in [2.75, 3.05) is 0 Å². The van der Waals surface area contributed by atoms with Crippen molar-refractivity contribution in [3.63, 3.8) is 0 Å². The Balaban J connectivity index is 2.57. The maximum absolute atomic E-state index is 11.3. The molecule has 1 heterocycles. The van der Waals surface area contributed by atoms with E-state index in [2.05, 4.69) is 10.7 Å². The molecule has 0 aromatic carbocycles. The summed E-state index contributed by atoms with van der Waals surface area (Å²) in [5, 5.41) is 3.56. The molecule has 0 aliphatic rings. The van der Waals surface area contributed by atoms with Crippen molar-refractivity contribution in [2.45, 2.75) is 0 Å². The van der Waals surface area contributed by atoms with Gasteiger partial charge >= 0.3 is 12.1 Å². The van der Waals surface area contributed by atoms with Crippen LogP contribution in [-0.2, 0) is 0 Å². The lowest BCUT2D eigenvalue weighted by atomic mass is 10.3. The Morgan fingerprint density at radius 2 is 1.93 bits per heavy atom. The molecule has 0 saturated carbocycles. The van der Waals surface area contributed by atoms with E-state index in [0.29, 0.717) is 0 Å². The molecule has 0 fully saturated rings. The molecule has 0 atom stereocenters. The minimum atomic E-state index is -1.04. The summed E-state index contributed by atoms with van der Waals surface area (Å²) in [4.78, 5) is 36.1. The predicted octanol–water partition coefficient (Wildman–Crippen LogP) is -0.400. The zero-order valence-corrected chi connectivity index (χ0v) is 7.56. The van der Waals surface area contributed by atoms with Crippen LogP contribution in [0, 0.1) is 0 Å². The number of nitrogens with one attached hydrogen (secondary N) is 2. The summed E-state index contributed by atoms with van der Waals surface area (Å²) in [5.41, 5.74) is 4.74. The van der Waals surface area contributed by atoms with Crippen molar-refractivity contribution in [1.82, 2.24) is 15.6 Å². The van der Waals surface area contributed by atoms with Crippen LogP contribution in [-0.4, -0.2) is 23.0 Å². The van der Waals surface area contributed by atoms with Gasteiger partial charge in [0.1, 0.15) is 5.69 Å². The minimum absolute atomic E-state index is 0.0668. The summed E-state index contributed by atoms with van der Waals surface area (Å²) in [6, 6.07) is 2.61. The van der Waals surface area contributed by atoms with Gasteiger partial charge in [-0.15, -0.1) is 0 Å². The molecule has 0 aliphatic heterocycles. The Kier molecular flexibility index (Phi) is 3.33. The molecular formula is C8H8N4O3. The molecule has 7 heteroatoms. The molecule has 1 rings (SSSR count). The first-order valence-corrected chi connectivity index (χ1v) is 3.92. The third-order valence-electron chi connectivity index (χ3n) is 1.36. The van der Waals surface area contributed by atoms with Gasteiger partial charge in [-0.05, 0) is 12.1 Å². The third-order valence-corrected chi connectivity index (χ3v) is 1.36. The van der Waals surface area contributed by atoms with Crippen LogP contribution in [0.3, 0.4) is 0 Å². The number of amides is 5. The summed E-state index contributed by atoms with van der Waals surface area (Å²) in [6.45, 7) is 0. The van der Waals surface area contributed by atoms with E-state index in [0.717, 1.165) is 0 Å². The number of hydrogen-bond donors (Lipinski definition) is 3. The van der Waals surface area contributed by atoms with Gasteiger partial charge in [0.2, 0.25) is 0 Å². The molecule has 0 aliphatic carbocycles. The van der Waals surface area contributed by atoms with Crippen LogP contribution in [0.4, 0.5) is 9.59 Å². The van der Waals surface area contributed by atoms with E-state index in [4.69, 9.17) is 0 Å². The molecule has 4 N–H and O–H groups in total. The Labute approximate surface area is 84.7 Å². The molecule has 0 unspecified atom stereocenters. The third kappa shape index (κ3) is 3.43. The van der Waals surface area contributed by atoms with Gasteiger partial charge in [-0.2, -0.15) is 0 Å². The quantitative estimate of drug-likeness (QED) is 0.582. The zero-order chi connectivity index (χ0) is 11.3. The summed E-state index contributed by atoms with van der Waals surface area (Å²) in [5.74, 6) is -0.714. The number of aromatic nitrogens is 1. The van der Waals surface area contributed by atoms with Crippen LogP contribution in [0.5, 0.6) is 0 Å². The normalized spacial score (nSPS) is 9.07. The van der Waals surface area contributed by atoms with Gasteiger partial charge in [-0.3, -0.25) is 20.4 Å². The summed E-state index contributed by atoms with van der Waals surface area (Å²) >= 11 is 0. The SMILES string of the molecule is NC(=O)NC(=O)NC(=O)c1ccccn1. The van der Waals surface area contributed by atoms with Crippen molar-refractivity contribution in [2.24, 2.45) is 5.73 Å². The van der Waals surface area contributed by atoms with E-state index in [9.17, 15) is 14.4 Å². The highest BCUT2D eigenvalue weighted by Crippen LogP contribution is 1.91. The number of carbonyl (C=O) groups excluding carboxylic acids is 3. The van der Waals surface area contributed by atoms with Crippen molar-refractivity contribution < 1.29 is 14.4 Å². The number of carbonyl (C=O) groups is 3. The summed E-state index contributed by atoms with van der Waals surface area (Å²) in [6.07, 6.45) is 1.40. The molecule has 15 heavy (non-hydrogen) atoms. The second-order valence-corrected chi connectivity index (χ2v) is 2.49. The topological polar surface area (TPSA) is 114 Å². The number of imide groups is 2. The van der Waals surface area contributed by atoms with Gasteiger partial charge in [-0.1, -0.05) is 6.07 Å². The maximum atomic E-state index is 11.3. The van der Waals surface area contributed by atoms with Gasteiger partial charge in [0.15, 0.2) is 0 Å². The molecule has 5 amide bonds. The van der Waals surface area contributed by atoms with Crippen molar-refractivity contribution >= 4 is 18.0 Å². The van der Waals surface area contributed by atoms with E-state index in [1.54, 1.807) is 17.4 Å². The molecule has 0 bridgehead atoms. The van der Waals surface area contributed by atoms with E-state index in [1.165, 1.54) is 12.3 Å². The van der Waals surface area contributed by atoms with Crippen LogP contribution in [0.2, 0.25) is 0 Å². The fraction of sp³-hybridized carbons (Fsp3) is 0. The number of pyridine rings is 1. The minimum Gasteiger partial charge on any atom is -0.351 e.